The Morgan fingerprint density at radius 2 is 1.24 bits per heavy atom. The van der Waals surface area contributed by atoms with Crippen molar-refractivity contribution in [3.63, 3.8) is 0 Å². The molecule has 11 nitrogen and oxygen atoms in total. The van der Waals surface area contributed by atoms with Gasteiger partial charge in [-0.1, -0.05) is 30.6 Å². The highest BCUT2D eigenvalue weighted by molar-refractivity contribution is 5.99. The first-order valence-corrected chi connectivity index (χ1v) is 16.8. The SMILES string of the molecule is C#CC(=O)OCCCOc1ccc(CCOC(=O)c2ccc(OC(=O)c3ccc(C#Cc4ccc(OCCCOC(=O)C=C)cc4)cc3)cc2C=N)cc1. The normalized spacial score (nSPS) is 9.98. The maximum absolute atomic E-state index is 12.8. The summed E-state index contributed by atoms with van der Waals surface area (Å²) in [6.07, 6.45) is 8.55. The molecule has 54 heavy (non-hydrogen) atoms. The summed E-state index contributed by atoms with van der Waals surface area (Å²) in [6.45, 7) is 4.62. The average Bonchev–Trinajstić information content (AvgIpc) is 3.20. The second kappa shape index (κ2) is 21.3. The van der Waals surface area contributed by atoms with Crippen molar-refractivity contribution >= 4 is 30.1 Å². The van der Waals surface area contributed by atoms with Crippen LogP contribution in [0.2, 0.25) is 0 Å². The van der Waals surface area contributed by atoms with Gasteiger partial charge in [-0.15, -0.1) is 6.42 Å². The first-order valence-electron chi connectivity index (χ1n) is 16.8. The summed E-state index contributed by atoms with van der Waals surface area (Å²) in [6, 6.07) is 25.5. The Labute approximate surface area is 313 Å². The van der Waals surface area contributed by atoms with E-state index < -0.39 is 23.9 Å². The van der Waals surface area contributed by atoms with Gasteiger partial charge < -0.3 is 33.8 Å². The fourth-order valence-electron chi connectivity index (χ4n) is 4.57. The van der Waals surface area contributed by atoms with E-state index in [4.69, 9.17) is 40.3 Å². The number of esters is 4. The number of carbonyl (C=O) groups excluding carboxylic acids is 4. The third kappa shape index (κ3) is 13.2. The van der Waals surface area contributed by atoms with Crippen LogP contribution in [-0.2, 0) is 30.2 Å². The highest BCUT2D eigenvalue weighted by Crippen LogP contribution is 2.20. The summed E-state index contributed by atoms with van der Waals surface area (Å²) in [4.78, 5) is 47.6. The summed E-state index contributed by atoms with van der Waals surface area (Å²) in [5, 5.41) is 7.80. The van der Waals surface area contributed by atoms with Crippen LogP contribution in [0.1, 0.15) is 55.8 Å². The van der Waals surface area contributed by atoms with Crippen molar-refractivity contribution in [1.82, 2.24) is 0 Å². The van der Waals surface area contributed by atoms with Gasteiger partial charge in [-0.05, 0) is 84.4 Å². The fourth-order valence-corrected chi connectivity index (χ4v) is 4.57. The molecule has 0 radical (unpaired) electrons. The van der Waals surface area contributed by atoms with Crippen LogP contribution < -0.4 is 14.2 Å². The largest absolute Gasteiger partial charge is 0.493 e. The molecule has 4 aromatic rings. The quantitative estimate of drug-likeness (QED) is 0.0185. The molecule has 0 aliphatic rings. The van der Waals surface area contributed by atoms with Gasteiger partial charge in [0.15, 0.2) is 0 Å². The van der Waals surface area contributed by atoms with Gasteiger partial charge in [0.05, 0.1) is 44.2 Å². The van der Waals surface area contributed by atoms with Crippen molar-refractivity contribution in [2.45, 2.75) is 19.3 Å². The molecule has 4 rings (SSSR count). The summed E-state index contributed by atoms with van der Waals surface area (Å²) < 4.78 is 31.9. The zero-order chi connectivity index (χ0) is 38.5. The van der Waals surface area contributed by atoms with Crippen molar-refractivity contribution in [1.29, 1.82) is 5.41 Å². The molecule has 0 atom stereocenters. The lowest BCUT2D eigenvalue weighted by atomic mass is 10.1. The molecule has 0 heterocycles. The zero-order valence-corrected chi connectivity index (χ0v) is 29.3. The number of hydrogen-bond acceptors (Lipinski definition) is 11. The molecule has 0 spiro atoms. The van der Waals surface area contributed by atoms with Crippen LogP contribution in [0.25, 0.3) is 0 Å². The predicted octanol–water partition coefficient (Wildman–Crippen LogP) is 6.15. The lowest BCUT2D eigenvalue weighted by Gasteiger charge is -2.10. The van der Waals surface area contributed by atoms with Crippen molar-refractivity contribution in [2.24, 2.45) is 0 Å². The number of ether oxygens (including phenoxy) is 6. The molecule has 4 aromatic carbocycles. The van der Waals surface area contributed by atoms with E-state index in [1.807, 2.05) is 30.2 Å². The van der Waals surface area contributed by atoms with Crippen LogP contribution in [0.15, 0.2) is 104 Å². The van der Waals surface area contributed by atoms with Crippen molar-refractivity contribution in [2.75, 3.05) is 33.0 Å². The van der Waals surface area contributed by atoms with E-state index in [2.05, 4.69) is 18.4 Å². The summed E-state index contributed by atoms with van der Waals surface area (Å²) in [7, 11) is 0. The summed E-state index contributed by atoms with van der Waals surface area (Å²) in [5.41, 5.74) is 3.08. The van der Waals surface area contributed by atoms with E-state index in [1.54, 1.807) is 48.5 Å². The first-order chi connectivity index (χ1) is 26.3. The standard InChI is InChI=1S/C43H37NO10/c1-3-40(45)51-26-5-24-49-36-17-11-32(12-18-36)8-7-31-9-15-34(16-10-31)42(47)54-38-21-22-39(35(29-38)30-44)43(48)53-28-23-33-13-19-37(20-14-33)50-25-6-27-52-41(46)4-2/h2-3,9-22,29-30,44H,1,5-6,23-28H2. The fraction of sp³-hybridized carbons (Fsp3) is 0.186. The second-order valence-electron chi connectivity index (χ2n) is 11.2. The highest BCUT2D eigenvalue weighted by Gasteiger charge is 2.15. The van der Waals surface area contributed by atoms with Crippen LogP contribution in [-0.4, -0.2) is 63.1 Å². The molecule has 0 bridgehead atoms. The van der Waals surface area contributed by atoms with E-state index in [-0.39, 0.29) is 36.7 Å². The van der Waals surface area contributed by atoms with Crippen LogP contribution in [0.3, 0.4) is 0 Å². The molecule has 274 valence electrons. The molecule has 1 N–H and O–H groups in total. The Balaban J connectivity index is 1.21. The molecule has 0 saturated carbocycles. The summed E-state index contributed by atoms with van der Waals surface area (Å²) >= 11 is 0. The minimum atomic E-state index is -0.706. The van der Waals surface area contributed by atoms with Gasteiger partial charge in [-0.2, -0.15) is 0 Å². The van der Waals surface area contributed by atoms with E-state index in [0.717, 1.165) is 23.4 Å². The lowest BCUT2D eigenvalue weighted by Crippen LogP contribution is -2.12. The van der Waals surface area contributed by atoms with Gasteiger partial charge in [0, 0.05) is 54.2 Å². The van der Waals surface area contributed by atoms with E-state index in [9.17, 15) is 19.2 Å². The molecular formula is C43H37NO10. The molecule has 0 saturated heterocycles. The van der Waals surface area contributed by atoms with Gasteiger partial charge in [0.25, 0.3) is 0 Å². The molecule has 0 aromatic heterocycles. The van der Waals surface area contributed by atoms with E-state index >= 15 is 0 Å². The van der Waals surface area contributed by atoms with Crippen LogP contribution in [0, 0.1) is 29.6 Å². The minimum Gasteiger partial charge on any atom is -0.493 e. The Morgan fingerprint density at radius 1 is 0.667 bits per heavy atom. The van der Waals surface area contributed by atoms with Gasteiger partial charge >= 0.3 is 23.9 Å². The number of rotatable bonds is 18. The molecule has 0 aliphatic carbocycles. The maximum atomic E-state index is 12.8. The Morgan fingerprint density at radius 3 is 1.83 bits per heavy atom. The van der Waals surface area contributed by atoms with Gasteiger partial charge in [0.2, 0.25) is 0 Å². The topological polar surface area (TPSA) is 148 Å². The number of terminal acetylenes is 1. The summed E-state index contributed by atoms with van der Waals surface area (Å²) in [5.74, 6) is 7.08. The highest BCUT2D eigenvalue weighted by atomic mass is 16.5. The Hall–Kier alpha value is -7.11. The molecule has 0 unspecified atom stereocenters. The maximum Gasteiger partial charge on any atom is 0.384 e. The predicted molar refractivity (Wildman–Crippen MR) is 200 cm³/mol. The average molecular weight is 728 g/mol. The van der Waals surface area contributed by atoms with Gasteiger partial charge in [-0.25, -0.2) is 19.2 Å². The minimum absolute atomic E-state index is 0.106. The third-order valence-electron chi connectivity index (χ3n) is 7.36. The van der Waals surface area contributed by atoms with Crippen molar-refractivity contribution in [3.8, 4) is 41.4 Å². The van der Waals surface area contributed by atoms with E-state index in [0.29, 0.717) is 55.1 Å². The number of hydrogen-bond donors (Lipinski definition) is 1. The lowest BCUT2D eigenvalue weighted by molar-refractivity contribution is -0.138. The van der Waals surface area contributed by atoms with Crippen LogP contribution in [0.5, 0.6) is 17.2 Å². The second-order valence-corrected chi connectivity index (χ2v) is 11.2. The number of carbonyl (C=O) groups is 4. The zero-order valence-electron chi connectivity index (χ0n) is 29.3. The first kappa shape index (κ1) is 39.7. The van der Waals surface area contributed by atoms with Crippen molar-refractivity contribution in [3.05, 3.63) is 137 Å². The molecule has 0 fully saturated rings. The molecule has 0 amide bonds. The molecular weight excluding hydrogens is 690 g/mol. The van der Waals surface area contributed by atoms with Crippen LogP contribution in [0.4, 0.5) is 0 Å². The Bertz CT molecular complexity index is 2030. The monoisotopic (exact) mass is 727 g/mol. The smallest absolute Gasteiger partial charge is 0.384 e. The Kier molecular flexibility index (Phi) is 15.6. The third-order valence-corrected chi connectivity index (χ3v) is 7.36. The van der Waals surface area contributed by atoms with Crippen molar-refractivity contribution < 1.29 is 47.6 Å². The number of nitrogens with one attached hydrogen (secondary N) is 1. The van der Waals surface area contributed by atoms with Crippen LogP contribution >= 0.6 is 0 Å². The molecule has 11 heteroatoms. The van der Waals surface area contributed by atoms with Gasteiger partial charge in [0.1, 0.15) is 17.2 Å². The van der Waals surface area contributed by atoms with Gasteiger partial charge in [-0.3, -0.25) is 0 Å². The molecule has 0 aliphatic heterocycles. The number of benzene rings is 4. The van der Waals surface area contributed by atoms with E-state index in [1.165, 1.54) is 18.2 Å².